The van der Waals surface area contributed by atoms with Crippen molar-refractivity contribution in [2.45, 2.75) is 6.42 Å². The second-order valence-corrected chi connectivity index (χ2v) is 4.48. The minimum Gasteiger partial charge on any atom is -0.383 e. The molecule has 0 aliphatic carbocycles. The number of Topliss-reactive ketones (excluding diaryl/α,β-unsaturated/α-hetero) is 1. The summed E-state index contributed by atoms with van der Waals surface area (Å²) in [5.74, 6) is -0.309. The van der Waals surface area contributed by atoms with Gasteiger partial charge in [0, 0.05) is 24.5 Å². The van der Waals surface area contributed by atoms with Crippen molar-refractivity contribution >= 4 is 21.7 Å². The number of methoxy groups -OCH3 is 1. The number of nitrogens with one attached hydrogen (secondary N) is 1. The standard InChI is InChI=1S/C12H15BrFNO2/c1-17-5-4-15-8-11(16)7-9-6-10(14)2-3-12(9)13/h2-3,6,15H,4-5,7-8H2,1H3. The van der Waals surface area contributed by atoms with Gasteiger partial charge in [-0.05, 0) is 23.8 Å². The predicted molar refractivity (Wildman–Crippen MR) is 67.6 cm³/mol. The Morgan fingerprint density at radius 2 is 2.29 bits per heavy atom. The Kier molecular flexibility index (Phi) is 6.32. The molecule has 0 aromatic heterocycles. The highest BCUT2D eigenvalue weighted by Crippen LogP contribution is 2.18. The minimum atomic E-state index is -0.330. The van der Waals surface area contributed by atoms with E-state index in [-0.39, 0.29) is 24.6 Å². The summed E-state index contributed by atoms with van der Waals surface area (Å²) in [4.78, 5) is 11.6. The third-order valence-electron chi connectivity index (χ3n) is 2.20. The van der Waals surface area contributed by atoms with E-state index in [0.29, 0.717) is 18.7 Å². The molecule has 0 atom stereocenters. The zero-order chi connectivity index (χ0) is 12.7. The van der Waals surface area contributed by atoms with Crippen molar-refractivity contribution < 1.29 is 13.9 Å². The highest BCUT2D eigenvalue weighted by molar-refractivity contribution is 9.10. The molecule has 5 heteroatoms. The highest BCUT2D eigenvalue weighted by Gasteiger charge is 2.07. The molecule has 0 radical (unpaired) electrons. The number of hydrogen-bond acceptors (Lipinski definition) is 3. The Bertz CT molecular complexity index is 385. The molecule has 0 aliphatic heterocycles. The fraction of sp³-hybridized carbons (Fsp3) is 0.417. The molecule has 0 bridgehead atoms. The van der Waals surface area contributed by atoms with E-state index in [0.717, 1.165) is 4.47 Å². The van der Waals surface area contributed by atoms with E-state index < -0.39 is 0 Å². The van der Waals surface area contributed by atoms with Crippen LogP contribution in [-0.4, -0.2) is 32.6 Å². The monoisotopic (exact) mass is 303 g/mol. The Morgan fingerprint density at radius 1 is 1.53 bits per heavy atom. The van der Waals surface area contributed by atoms with Crippen LogP contribution in [0.2, 0.25) is 0 Å². The first-order valence-electron chi connectivity index (χ1n) is 5.28. The summed E-state index contributed by atoms with van der Waals surface area (Å²) in [6, 6.07) is 4.34. The molecule has 0 spiro atoms. The van der Waals surface area contributed by atoms with Crippen LogP contribution in [0.3, 0.4) is 0 Å². The van der Waals surface area contributed by atoms with Gasteiger partial charge >= 0.3 is 0 Å². The number of benzene rings is 1. The van der Waals surface area contributed by atoms with Crippen LogP contribution in [0.25, 0.3) is 0 Å². The summed E-state index contributed by atoms with van der Waals surface area (Å²) in [7, 11) is 1.60. The molecule has 0 aliphatic rings. The number of halogens is 2. The molecule has 1 rings (SSSR count). The van der Waals surface area contributed by atoms with Gasteiger partial charge in [0.05, 0.1) is 13.2 Å². The fourth-order valence-electron chi connectivity index (χ4n) is 1.36. The molecule has 0 saturated heterocycles. The normalized spacial score (nSPS) is 10.5. The van der Waals surface area contributed by atoms with Crippen molar-refractivity contribution in [1.29, 1.82) is 0 Å². The van der Waals surface area contributed by atoms with Crippen LogP contribution in [0, 0.1) is 5.82 Å². The molecule has 1 aromatic rings. The van der Waals surface area contributed by atoms with Crippen LogP contribution in [0.4, 0.5) is 4.39 Å². The molecular weight excluding hydrogens is 289 g/mol. The van der Waals surface area contributed by atoms with E-state index in [1.165, 1.54) is 12.1 Å². The van der Waals surface area contributed by atoms with Crippen LogP contribution in [0.15, 0.2) is 22.7 Å². The molecule has 0 unspecified atom stereocenters. The van der Waals surface area contributed by atoms with Gasteiger partial charge in [-0.25, -0.2) is 4.39 Å². The Morgan fingerprint density at radius 3 is 3.00 bits per heavy atom. The first kappa shape index (κ1) is 14.3. The molecular formula is C12H15BrFNO2. The number of hydrogen-bond donors (Lipinski definition) is 1. The third-order valence-corrected chi connectivity index (χ3v) is 2.97. The number of ketones is 1. The van der Waals surface area contributed by atoms with Gasteiger partial charge in [-0.1, -0.05) is 15.9 Å². The summed E-state index contributed by atoms with van der Waals surface area (Å²) in [6.45, 7) is 1.47. The first-order chi connectivity index (χ1) is 8.13. The molecule has 94 valence electrons. The summed E-state index contributed by atoms with van der Waals surface area (Å²) >= 11 is 3.29. The maximum Gasteiger partial charge on any atom is 0.151 e. The van der Waals surface area contributed by atoms with E-state index in [1.807, 2.05) is 0 Å². The second-order valence-electron chi connectivity index (χ2n) is 3.62. The van der Waals surface area contributed by atoms with Crippen molar-refractivity contribution in [2.75, 3.05) is 26.8 Å². The molecule has 0 saturated carbocycles. The maximum absolute atomic E-state index is 13.0. The largest absolute Gasteiger partial charge is 0.383 e. The molecule has 3 nitrogen and oxygen atoms in total. The van der Waals surface area contributed by atoms with Crippen molar-refractivity contribution in [2.24, 2.45) is 0 Å². The van der Waals surface area contributed by atoms with Gasteiger partial charge in [-0.15, -0.1) is 0 Å². The van der Waals surface area contributed by atoms with Crippen molar-refractivity contribution in [3.63, 3.8) is 0 Å². The highest BCUT2D eigenvalue weighted by atomic mass is 79.9. The summed E-state index contributed by atoms with van der Waals surface area (Å²) in [5, 5.41) is 2.96. The van der Waals surface area contributed by atoms with Crippen LogP contribution in [0.5, 0.6) is 0 Å². The zero-order valence-corrected chi connectivity index (χ0v) is 11.2. The SMILES string of the molecule is COCCNCC(=O)Cc1cc(F)ccc1Br. The van der Waals surface area contributed by atoms with Crippen LogP contribution in [0.1, 0.15) is 5.56 Å². The van der Waals surface area contributed by atoms with Crippen molar-refractivity contribution in [3.05, 3.63) is 34.1 Å². The molecule has 1 aromatic carbocycles. The second kappa shape index (κ2) is 7.53. The lowest BCUT2D eigenvalue weighted by Gasteiger charge is -2.05. The molecule has 0 amide bonds. The Hall–Kier alpha value is -0.780. The van der Waals surface area contributed by atoms with Crippen molar-refractivity contribution in [1.82, 2.24) is 5.32 Å². The quantitative estimate of drug-likeness (QED) is 0.782. The van der Waals surface area contributed by atoms with Crippen LogP contribution >= 0.6 is 15.9 Å². The molecule has 1 N–H and O–H groups in total. The number of ether oxygens (including phenoxy) is 1. The third kappa shape index (κ3) is 5.39. The van der Waals surface area contributed by atoms with E-state index in [1.54, 1.807) is 13.2 Å². The maximum atomic E-state index is 13.0. The summed E-state index contributed by atoms with van der Waals surface area (Å²) < 4.78 is 18.6. The lowest BCUT2D eigenvalue weighted by molar-refractivity contribution is -0.117. The smallest absolute Gasteiger partial charge is 0.151 e. The summed E-state index contributed by atoms with van der Waals surface area (Å²) in [6.07, 6.45) is 0.221. The van der Waals surface area contributed by atoms with Gasteiger partial charge in [0.2, 0.25) is 0 Å². The van der Waals surface area contributed by atoms with E-state index >= 15 is 0 Å². The van der Waals surface area contributed by atoms with E-state index in [4.69, 9.17) is 4.74 Å². The van der Waals surface area contributed by atoms with Gasteiger partial charge in [-0.3, -0.25) is 4.79 Å². The Labute approximate surface area is 108 Å². The number of carbonyl (C=O) groups is 1. The number of rotatable bonds is 7. The topological polar surface area (TPSA) is 38.3 Å². The van der Waals surface area contributed by atoms with Gasteiger partial charge in [0.25, 0.3) is 0 Å². The molecule has 17 heavy (non-hydrogen) atoms. The molecule has 0 heterocycles. The lowest BCUT2D eigenvalue weighted by Crippen LogP contribution is -2.27. The minimum absolute atomic E-state index is 0.0207. The van der Waals surface area contributed by atoms with Gasteiger partial charge < -0.3 is 10.1 Å². The fourth-order valence-corrected chi connectivity index (χ4v) is 1.74. The van der Waals surface area contributed by atoms with Crippen LogP contribution in [-0.2, 0) is 16.0 Å². The van der Waals surface area contributed by atoms with Crippen molar-refractivity contribution in [3.8, 4) is 0 Å². The number of carbonyl (C=O) groups excluding carboxylic acids is 1. The predicted octanol–water partition coefficient (Wildman–Crippen LogP) is 1.94. The first-order valence-corrected chi connectivity index (χ1v) is 6.08. The average molecular weight is 304 g/mol. The van der Waals surface area contributed by atoms with E-state index in [9.17, 15) is 9.18 Å². The van der Waals surface area contributed by atoms with E-state index in [2.05, 4.69) is 21.2 Å². The van der Waals surface area contributed by atoms with Gasteiger partial charge in [0.15, 0.2) is 5.78 Å². The van der Waals surface area contributed by atoms with Crippen LogP contribution < -0.4 is 5.32 Å². The zero-order valence-electron chi connectivity index (χ0n) is 9.63. The molecule has 0 fully saturated rings. The van der Waals surface area contributed by atoms with Gasteiger partial charge in [0.1, 0.15) is 5.82 Å². The Balaban J connectivity index is 2.42. The van der Waals surface area contributed by atoms with Gasteiger partial charge in [-0.2, -0.15) is 0 Å². The lowest BCUT2D eigenvalue weighted by atomic mass is 10.1. The average Bonchev–Trinajstić information content (AvgIpc) is 2.29. The summed E-state index contributed by atoms with van der Waals surface area (Å²) in [5.41, 5.74) is 0.670.